The van der Waals surface area contributed by atoms with E-state index < -0.39 is 0 Å². The SMILES string of the molecule is C=CCn1cc(CN2CCC[C@@H](c3ccn[nH]3)C2)c(C)n1. The van der Waals surface area contributed by atoms with Gasteiger partial charge in [-0.15, -0.1) is 6.58 Å². The van der Waals surface area contributed by atoms with Gasteiger partial charge in [-0.2, -0.15) is 10.2 Å². The van der Waals surface area contributed by atoms with Gasteiger partial charge < -0.3 is 0 Å². The predicted molar refractivity (Wildman–Crippen MR) is 83.0 cm³/mol. The molecule has 1 aliphatic rings. The van der Waals surface area contributed by atoms with E-state index in [1.54, 1.807) is 0 Å². The number of allylic oxidation sites excluding steroid dienone is 1. The van der Waals surface area contributed by atoms with Gasteiger partial charge in [0.05, 0.1) is 12.2 Å². The van der Waals surface area contributed by atoms with E-state index in [0.29, 0.717) is 5.92 Å². The largest absolute Gasteiger partial charge is 0.298 e. The molecule has 0 unspecified atom stereocenters. The molecule has 0 aliphatic carbocycles. The third-order valence-electron chi connectivity index (χ3n) is 4.23. The van der Waals surface area contributed by atoms with Crippen molar-refractivity contribution in [3.05, 3.63) is 48.1 Å². The summed E-state index contributed by atoms with van der Waals surface area (Å²) in [6.45, 7) is 9.87. The summed E-state index contributed by atoms with van der Waals surface area (Å²) in [5, 5.41) is 11.7. The Bertz CT molecular complexity index is 584. The predicted octanol–water partition coefficient (Wildman–Crippen LogP) is 2.48. The van der Waals surface area contributed by atoms with Gasteiger partial charge in [0, 0.05) is 42.7 Å². The quantitative estimate of drug-likeness (QED) is 0.859. The summed E-state index contributed by atoms with van der Waals surface area (Å²) < 4.78 is 1.97. The number of likely N-dealkylation sites (tertiary alicyclic amines) is 1. The van der Waals surface area contributed by atoms with Crippen molar-refractivity contribution in [2.24, 2.45) is 0 Å². The van der Waals surface area contributed by atoms with Crippen molar-refractivity contribution >= 4 is 0 Å². The van der Waals surface area contributed by atoms with Crippen molar-refractivity contribution in [1.29, 1.82) is 0 Å². The van der Waals surface area contributed by atoms with Crippen LogP contribution in [0.5, 0.6) is 0 Å². The number of rotatable bonds is 5. The molecule has 1 atom stereocenters. The highest BCUT2D eigenvalue weighted by Gasteiger charge is 2.23. The zero-order valence-electron chi connectivity index (χ0n) is 12.6. The maximum absolute atomic E-state index is 4.54. The molecule has 1 N–H and O–H groups in total. The van der Waals surface area contributed by atoms with Gasteiger partial charge in [-0.25, -0.2) is 0 Å². The third-order valence-corrected chi connectivity index (χ3v) is 4.23. The summed E-state index contributed by atoms with van der Waals surface area (Å²) in [6, 6.07) is 2.10. The summed E-state index contributed by atoms with van der Waals surface area (Å²) in [5.74, 6) is 0.574. The van der Waals surface area contributed by atoms with Crippen molar-refractivity contribution in [2.75, 3.05) is 13.1 Å². The number of aryl methyl sites for hydroxylation is 1. The van der Waals surface area contributed by atoms with Gasteiger partial charge in [0.1, 0.15) is 0 Å². The zero-order valence-corrected chi connectivity index (χ0v) is 12.6. The van der Waals surface area contributed by atoms with Gasteiger partial charge >= 0.3 is 0 Å². The second-order valence-corrected chi connectivity index (χ2v) is 5.84. The maximum atomic E-state index is 4.54. The molecule has 112 valence electrons. The lowest BCUT2D eigenvalue weighted by molar-refractivity contribution is 0.198. The number of nitrogens with zero attached hydrogens (tertiary/aromatic N) is 4. The minimum Gasteiger partial charge on any atom is -0.298 e. The van der Waals surface area contributed by atoms with Crippen LogP contribution < -0.4 is 0 Å². The van der Waals surface area contributed by atoms with Gasteiger partial charge in [0.15, 0.2) is 0 Å². The molecule has 0 radical (unpaired) electrons. The minimum atomic E-state index is 0.574. The van der Waals surface area contributed by atoms with E-state index in [1.165, 1.54) is 24.1 Å². The Labute approximate surface area is 125 Å². The van der Waals surface area contributed by atoms with E-state index in [1.807, 2.05) is 17.0 Å². The summed E-state index contributed by atoms with van der Waals surface area (Å²) in [4.78, 5) is 2.53. The fourth-order valence-electron chi connectivity index (χ4n) is 3.13. The Balaban J connectivity index is 1.65. The number of piperidine rings is 1. The van der Waals surface area contributed by atoms with Crippen LogP contribution >= 0.6 is 0 Å². The molecule has 0 spiro atoms. The minimum absolute atomic E-state index is 0.574. The van der Waals surface area contributed by atoms with Crippen LogP contribution in [0.3, 0.4) is 0 Å². The number of nitrogens with one attached hydrogen (secondary N) is 1. The van der Waals surface area contributed by atoms with Crippen LogP contribution in [-0.4, -0.2) is 38.0 Å². The highest BCUT2D eigenvalue weighted by Crippen LogP contribution is 2.26. The molecule has 3 rings (SSSR count). The molecule has 21 heavy (non-hydrogen) atoms. The first-order chi connectivity index (χ1) is 10.3. The maximum Gasteiger partial charge on any atom is 0.0638 e. The van der Waals surface area contributed by atoms with Crippen LogP contribution in [0.1, 0.15) is 35.7 Å². The summed E-state index contributed by atoms with van der Waals surface area (Å²) in [7, 11) is 0. The van der Waals surface area contributed by atoms with E-state index in [0.717, 1.165) is 31.9 Å². The molecule has 2 aromatic rings. The van der Waals surface area contributed by atoms with Crippen LogP contribution in [0.2, 0.25) is 0 Å². The molecule has 0 saturated carbocycles. The fourth-order valence-corrected chi connectivity index (χ4v) is 3.13. The van der Waals surface area contributed by atoms with Crippen LogP contribution in [-0.2, 0) is 13.1 Å². The van der Waals surface area contributed by atoms with Crippen molar-refractivity contribution in [2.45, 2.75) is 38.8 Å². The Kier molecular flexibility index (Phi) is 4.20. The van der Waals surface area contributed by atoms with Crippen LogP contribution in [0, 0.1) is 6.92 Å². The van der Waals surface area contributed by atoms with Crippen molar-refractivity contribution in [3.8, 4) is 0 Å². The average molecular weight is 285 g/mol. The van der Waals surface area contributed by atoms with Gasteiger partial charge in [0.25, 0.3) is 0 Å². The van der Waals surface area contributed by atoms with Gasteiger partial charge in [-0.3, -0.25) is 14.7 Å². The van der Waals surface area contributed by atoms with Gasteiger partial charge in [-0.05, 0) is 32.4 Å². The Hall–Kier alpha value is -1.88. The molecular weight excluding hydrogens is 262 g/mol. The molecule has 5 heteroatoms. The third kappa shape index (κ3) is 3.24. The van der Waals surface area contributed by atoms with E-state index >= 15 is 0 Å². The average Bonchev–Trinajstić information content (AvgIpc) is 3.11. The lowest BCUT2D eigenvalue weighted by Crippen LogP contribution is -2.34. The molecule has 3 heterocycles. The van der Waals surface area contributed by atoms with Gasteiger partial charge in [-0.1, -0.05) is 6.08 Å². The highest BCUT2D eigenvalue weighted by molar-refractivity contribution is 5.16. The van der Waals surface area contributed by atoms with E-state index in [-0.39, 0.29) is 0 Å². The lowest BCUT2D eigenvalue weighted by Gasteiger charge is -2.32. The molecule has 0 amide bonds. The highest BCUT2D eigenvalue weighted by atomic mass is 15.3. The molecule has 1 saturated heterocycles. The number of aromatic nitrogens is 4. The standard InChI is InChI=1S/C16H23N5/c1-3-8-21-12-15(13(2)19-21)11-20-9-4-5-14(10-20)16-6-7-17-18-16/h3,6-7,12,14H,1,4-5,8-11H2,2H3,(H,17,18)/t14-/m1/s1. The van der Waals surface area contributed by atoms with Crippen LogP contribution in [0.15, 0.2) is 31.1 Å². The van der Waals surface area contributed by atoms with Crippen molar-refractivity contribution < 1.29 is 0 Å². The second kappa shape index (κ2) is 6.26. The summed E-state index contributed by atoms with van der Waals surface area (Å²) in [6.07, 6.45) is 8.36. The number of aromatic amines is 1. The molecule has 2 aromatic heterocycles. The lowest BCUT2D eigenvalue weighted by atomic mass is 9.94. The summed E-state index contributed by atoms with van der Waals surface area (Å²) >= 11 is 0. The molecular formula is C16H23N5. The Morgan fingerprint density at radius 3 is 3.19 bits per heavy atom. The number of hydrogen-bond donors (Lipinski definition) is 1. The number of H-pyrrole nitrogens is 1. The Morgan fingerprint density at radius 1 is 1.52 bits per heavy atom. The topological polar surface area (TPSA) is 49.7 Å². The van der Waals surface area contributed by atoms with Crippen LogP contribution in [0.4, 0.5) is 0 Å². The fraction of sp³-hybridized carbons (Fsp3) is 0.500. The zero-order chi connectivity index (χ0) is 14.7. The number of hydrogen-bond acceptors (Lipinski definition) is 3. The van der Waals surface area contributed by atoms with E-state index in [9.17, 15) is 0 Å². The van der Waals surface area contributed by atoms with E-state index in [2.05, 4.69) is 46.0 Å². The van der Waals surface area contributed by atoms with Crippen LogP contribution in [0.25, 0.3) is 0 Å². The smallest absolute Gasteiger partial charge is 0.0638 e. The van der Waals surface area contributed by atoms with E-state index in [4.69, 9.17) is 0 Å². The first-order valence-electron chi connectivity index (χ1n) is 7.61. The normalized spacial score (nSPS) is 19.8. The molecule has 1 fully saturated rings. The monoisotopic (exact) mass is 285 g/mol. The molecule has 0 aromatic carbocycles. The van der Waals surface area contributed by atoms with Gasteiger partial charge in [0.2, 0.25) is 0 Å². The Morgan fingerprint density at radius 2 is 2.43 bits per heavy atom. The summed E-state index contributed by atoms with van der Waals surface area (Å²) in [5.41, 5.74) is 3.71. The first kappa shape index (κ1) is 14.1. The molecule has 0 bridgehead atoms. The van der Waals surface area contributed by atoms with Crippen molar-refractivity contribution in [1.82, 2.24) is 24.9 Å². The van der Waals surface area contributed by atoms with Crippen molar-refractivity contribution in [3.63, 3.8) is 0 Å². The molecule has 5 nitrogen and oxygen atoms in total. The first-order valence-corrected chi connectivity index (χ1v) is 7.61. The second-order valence-electron chi connectivity index (χ2n) is 5.84. The molecule has 1 aliphatic heterocycles.